The maximum atomic E-state index is 10.6. The Morgan fingerprint density at radius 3 is 2.35 bits per heavy atom. The largest absolute Gasteiger partial charge is 0.490 e. The molecule has 0 aromatic carbocycles. The summed E-state index contributed by atoms with van der Waals surface area (Å²) in [6.07, 6.45) is 2.72. The molecule has 2 saturated heterocycles. The Bertz CT molecular complexity index is 701. The van der Waals surface area contributed by atoms with E-state index in [9.17, 15) is 13.2 Å². The van der Waals surface area contributed by atoms with Crippen LogP contribution in [-0.2, 0) is 32.0 Å². The molecular weight excluding hydrogens is 419 g/mol. The van der Waals surface area contributed by atoms with Gasteiger partial charge in [-0.05, 0) is 43.6 Å². The number of rotatable bonds is 5. The molecule has 3 aliphatic rings. The minimum Gasteiger partial charge on any atom is -0.475 e. The van der Waals surface area contributed by atoms with E-state index in [0.29, 0.717) is 12.0 Å². The van der Waals surface area contributed by atoms with E-state index in [1.165, 1.54) is 5.56 Å². The fraction of sp³-hybridized carbons (Fsp3) is 0.800. The average molecular weight is 449 g/mol. The van der Waals surface area contributed by atoms with Crippen molar-refractivity contribution in [2.75, 3.05) is 39.6 Å². The Labute approximate surface area is 179 Å². The molecule has 11 heteroatoms. The maximum Gasteiger partial charge on any atom is 0.490 e. The molecule has 1 aromatic rings. The van der Waals surface area contributed by atoms with Crippen LogP contribution >= 0.6 is 0 Å². The first kappa shape index (κ1) is 24.0. The lowest BCUT2D eigenvalue weighted by atomic mass is 10.0. The Balaban J connectivity index is 0.000000339. The first-order valence-corrected chi connectivity index (χ1v) is 10.7. The lowest BCUT2D eigenvalue weighted by Gasteiger charge is -2.27. The zero-order valence-electron chi connectivity index (χ0n) is 17.4. The minimum atomic E-state index is -5.08. The molecule has 1 atom stereocenters. The normalized spacial score (nSPS) is 23.0. The van der Waals surface area contributed by atoms with Gasteiger partial charge in [-0.25, -0.2) is 4.79 Å². The summed E-state index contributed by atoms with van der Waals surface area (Å²) >= 11 is 0. The molecule has 2 fully saturated rings. The predicted molar refractivity (Wildman–Crippen MR) is 104 cm³/mol. The van der Waals surface area contributed by atoms with Crippen LogP contribution in [0.3, 0.4) is 0 Å². The Kier molecular flexibility index (Phi) is 8.70. The molecular formula is C20H30F3N3O5. The molecule has 176 valence electrons. The van der Waals surface area contributed by atoms with Crippen molar-refractivity contribution in [2.24, 2.45) is 5.92 Å². The molecule has 0 saturated carbocycles. The number of carbonyl (C=O) groups is 1. The van der Waals surface area contributed by atoms with Gasteiger partial charge in [-0.2, -0.15) is 18.3 Å². The van der Waals surface area contributed by atoms with E-state index in [0.717, 1.165) is 83.9 Å². The zero-order valence-corrected chi connectivity index (χ0v) is 17.4. The molecule has 1 aromatic heterocycles. The van der Waals surface area contributed by atoms with Gasteiger partial charge in [0.15, 0.2) is 0 Å². The molecule has 31 heavy (non-hydrogen) atoms. The van der Waals surface area contributed by atoms with Crippen molar-refractivity contribution in [2.45, 2.75) is 57.0 Å². The third-order valence-corrected chi connectivity index (χ3v) is 5.71. The lowest BCUT2D eigenvalue weighted by molar-refractivity contribution is -0.192. The number of nitrogens with one attached hydrogen (secondary N) is 1. The fourth-order valence-corrected chi connectivity index (χ4v) is 3.95. The van der Waals surface area contributed by atoms with Crippen molar-refractivity contribution in [1.29, 1.82) is 0 Å². The fourth-order valence-electron chi connectivity index (χ4n) is 3.95. The van der Waals surface area contributed by atoms with Gasteiger partial charge in [0.05, 0.1) is 12.3 Å². The smallest absolute Gasteiger partial charge is 0.475 e. The highest BCUT2D eigenvalue weighted by molar-refractivity contribution is 5.73. The van der Waals surface area contributed by atoms with E-state index >= 15 is 0 Å². The number of alkyl halides is 3. The van der Waals surface area contributed by atoms with Crippen LogP contribution in [0.2, 0.25) is 0 Å². The van der Waals surface area contributed by atoms with E-state index in [4.69, 9.17) is 29.2 Å². The van der Waals surface area contributed by atoms with E-state index in [1.54, 1.807) is 0 Å². The summed E-state index contributed by atoms with van der Waals surface area (Å²) < 4.78 is 50.8. The SMILES string of the molecule is O=C(O)C(F)(F)F.c1c2c(nn1CC1CCOCC1)C(CNC1CCOCC1)OCC2. The number of carboxylic acids is 1. The molecule has 3 aliphatic heterocycles. The third kappa shape index (κ3) is 7.44. The third-order valence-electron chi connectivity index (χ3n) is 5.71. The molecule has 0 spiro atoms. The van der Waals surface area contributed by atoms with E-state index in [2.05, 4.69) is 16.2 Å². The second kappa shape index (κ2) is 11.3. The van der Waals surface area contributed by atoms with E-state index in [1.807, 2.05) is 0 Å². The van der Waals surface area contributed by atoms with E-state index in [-0.39, 0.29) is 6.10 Å². The van der Waals surface area contributed by atoms with Crippen molar-refractivity contribution in [3.05, 3.63) is 17.5 Å². The van der Waals surface area contributed by atoms with Gasteiger partial charge in [-0.15, -0.1) is 0 Å². The Morgan fingerprint density at radius 1 is 1.13 bits per heavy atom. The van der Waals surface area contributed by atoms with Crippen LogP contribution in [0, 0.1) is 5.92 Å². The summed E-state index contributed by atoms with van der Waals surface area (Å²) in [5, 5.41) is 15.7. The van der Waals surface area contributed by atoms with Crippen LogP contribution < -0.4 is 5.32 Å². The van der Waals surface area contributed by atoms with Crippen molar-refractivity contribution >= 4 is 5.97 Å². The molecule has 1 unspecified atom stereocenters. The number of hydrogen-bond acceptors (Lipinski definition) is 6. The maximum absolute atomic E-state index is 10.6. The number of ether oxygens (including phenoxy) is 3. The monoisotopic (exact) mass is 449 g/mol. The average Bonchev–Trinajstić information content (AvgIpc) is 3.16. The highest BCUT2D eigenvalue weighted by Gasteiger charge is 2.38. The zero-order chi connectivity index (χ0) is 22.3. The molecule has 2 N–H and O–H groups in total. The standard InChI is InChI=1S/C18H29N3O3.C2HF3O2/c1-6-22-7-2-14(1)12-21-13-15-3-10-24-17(18(15)20-21)11-19-16-4-8-23-9-5-16;3-2(4,5)1(6)7/h13-14,16-17,19H,1-12H2;(H,6,7). The van der Waals surface area contributed by atoms with Gasteiger partial charge in [-0.1, -0.05) is 0 Å². The van der Waals surface area contributed by atoms with Gasteiger partial charge < -0.3 is 24.6 Å². The molecule has 8 nitrogen and oxygen atoms in total. The van der Waals surface area contributed by atoms with Crippen LogP contribution in [0.4, 0.5) is 13.2 Å². The number of hydrogen-bond donors (Lipinski definition) is 2. The minimum absolute atomic E-state index is 0.0903. The molecule has 0 bridgehead atoms. The quantitative estimate of drug-likeness (QED) is 0.713. The van der Waals surface area contributed by atoms with Gasteiger partial charge in [0, 0.05) is 51.8 Å². The highest BCUT2D eigenvalue weighted by atomic mass is 19.4. The molecule has 4 rings (SSSR count). The van der Waals surface area contributed by atoms with Crippen molar-refractivity contribution in [3.63, 3.8) is 0 Å². The number of nitrogens with zero attached hydrogens (tertiary/aromatic N) is 2. The van der Waals surface area contributed by atoms with E-state index < -0.39 is 12.1 Å². The first-order chi connectivity index (χ1) is 14.8. The second-order valence-corrected chi connectivity index (χ2v) is 8.02. The topological polar surface area (TPSA) is 94.8 Å². The number of carboxylic acid groups (broad SMARTS) is 1. The number of aliphatic carboxylic acids is 1. The highest BCUT2D eigenvalue weighted by Crippen LogP contribution is 2.27. The Hall–Kier alpha value is -1.69. The van der Waals surface area contributed by atoms with Gasteiger partial charge in [0.2, 0.25) is 0 Å². The van der Waals surface area contributed by atoms with Gasteiger partial charge in [0.25, 0.3) is 0 Å². The van der Waals surface area contributed by atoms with Crippen LogP contribution in [0.1, 0.15) is 43.0 Å². The number of aromatic nitrogens is 2. The van der Waals surface area contributed by atoms with Gasteiger partial charge in [0.1, 0.15) is 6.10 Å². The number of fused-ring (bicyclic) bond motifs is 1. The molecule has 4 heterocycles. The van der Waals surface area contributed by atoms with Crippen LogP contribution in [0.5, 0.6) is 0 Å². The summed E-state index contributed by atoms with van der Waals surface area (Å²) in [6, 6.07) is 0.553. The summed E-state index contributed by atoms with van der Waals surface area (Å²) in [6.45, 7) is 6.19. The Morgan fingerprint density at radius 2 is 1.74 bits per heavy atom. The summed E-state index contributed by atoms with van der Waals surface area (Å²) in [7, 11) is 0. The van der Waals surface area contributed by atoms with Gasteiger partial charge >= 0.3 is 12.1 Å². The second-order valence-electron chi connectivity index (χ2n) is 8.02. The van der Waals surface area contributed by atoms with Crippen molar-refractivity contribution in [1.82, 2.24) is 15.1 Å². The van der Waals surface area contributed by atoms with Gasteiger partial charge in [-0.3, -0.25) is 4.68 Å². The van der Waals surface area contributed by atoms with Crippen molar-refractivity contribution in [3.8, 4) is 0 Å². The van der Waals surface area contributed by atoms with Crippen LogP contribution in [-0.4, -0.2) is 72.7 Å². The summed E-state index contributed by atoms with van der Waals surface area (Å²) in [4.78, 5) is 8.90. The lowest BCUT2D eigenvalue weighted by Crippen LogP contribution is -2.38. The number of halogens is 3. The molecule has 0 radical (unpaired) electrons. The van der Waals surface area contributed by atoms with Crippen LogP contribution in [0.25, 0.3) is 0 Å². The molecule has 0 aliphatic carbocycles. The predicted octanol–water partition coefficient (Wildman–Crippen LogP) is 2.33. The van der Waals surface area contributed by atoms with Crippen LogP contribution in [0.15, 0.2) is 6.20 Å². The van der Waals surface area contributed by atoms with Crippen molar-refractivity contribution < 1.29 is 37.3 Å². The molecule has 0 amide bonds. The first-order valence-electron chi connectivity index (χ1n) is 10.7. The summed E-state index contributed by atoms with van der Waals surface area (Å²) in [5.41, 5.74) is 2.51. The summed E-state index contributed by atoms with van der Waals surface area (Å²) in [5.74, 6) is -2.06.